The Morgan fingerprint density at radius 1 is 0.724 bits per heavy atom. The molecule has 0 unspecified atom stereocenters. The van der Waals surface area contributed by atoms with Crippen molar-refractivity contribution in [3.8, 4) is 0 Å². The third-order valence-corrected chi connectivity index (χ3v) is 6.42. The maximum absolute atomic E-state index is 6.90. The van der Waals surface area contributed by atoms with E-state index in [2.05, 4.69) is 79.4 Å². The fourth-order valence-electron chi connectivity index (χ4n) is 3.30. The van der Waals surface area contributed by atoms with Crippen LogP contribution in [0.4, 0.5) is 0 Å². The minimum absolute atomic E-state index is 0.777. The van der Waals surface area contributed by atoms with Gasteiger partial charge in [0.25, 0.3) is 0 Å². The van der Waals surface area contributed by atoms with Crippen LogP contribution in [0.1, 0.15) is 30.5 Å². The van der Waals surface area contributed by atoms with Crippen LogP contribution >= 0.6 is 23.4 Å². The average Bonchev–Trinajstić information content (AvgIpc) is 2.79. The highest BCUT2D eigenvalue weighted by Gasteiger charge is 2.12. The first-order valence-electron chi connectivity index (χ1n) is 10.2. The lowest BCUT2D eigenvalue weighted by Gasteiger charge is -2.17. The number of thioether (sulfide) groups is 1. The van der Waals surface area contributed by atoms with E-state index in [4.69, 9.17) is 11.6 Å². The van der Waals surface area contributed by atoms with Gasteiger partial charge in [0.1, 0.15) is 0 Å². The second kappa shape index (κ2) is 11.3. The first-order chi connectivity index (χ1) is 14.2. The molecule has 0 bridgehead atoms. The van der Waals surface area contributed by atoms with Crippen LogP contribution in [0.5, 0.6) is 0 Å². The lowest BCUT2D eigenvalue weighted by Crippen LogP contribution is -2.25. The van der Waals surface area contributed by atoms with E-state index in [0.717, 1.165) is 52.7 Å². The SMILES string of the molecule is CCN(CC)CCSc1ccc(C(=C(Cl)c2ccccc2)c2ccccc2)cc1. The number of halogens is 1. The smallest absolute Gasteiger partial charge is 0.0562 e. The molecule has 1 nitrogen and oxygen atoms in total. The summed E-state index contributed by atoms with van der Waals surface area (Å²) in [6.07, 6.45) is 0. The Balaban J connectivity index is 1.86. The predicted molar refractivity (Wildman–Crippen MR) is 130 cm³/mol. The molecule has 150 valence electrons. The molecule has 3 heteroatoms. The molecule has 0 spiro atoms. The van der Waals surface area contributed by atoms with Crippen LogP contribution in [-0.4, -0.2) is 30.3 Å². The van der Waals surface area contributed by atoms with Gasteiger partial charge in [-0.3, -0.25) is 0 Å². The van der Waals surface area contributed by atoms with Crippen LogP contribution < -0.4 is 0 Å². The lowest BCUT2D eigenvalue weighted by atomic mass is 9.95. The van der Waals surface area contributed by atoms with Gasteiger partial charge >= 0.3 is 0 Å². The molecule has 0 saturated heterocycles. The molecule has 0 aliphatic rings. The van der Waals surface area contributed by atoms with Gasteiger partial charge in [-0.1, -0.05) is 98.2 Å². The molecule has 0 fully saturated rings. The molecule has 29 heavy (non-hydrogen) atoms. The van der Waals surface area contributed by atoms with E-state index in [0.29, 0.717) is 0 Å². The van der Waals surface area contributed by atoms with Crippen LogP contribution in [0.2, 0.25) is 0 Å². The molecule has 0 saturated carbocycles. The van der Waals surface area contributed by atoms with Crippen molar-refractivity contribution >= 4 is 34.0 Å². The average molecular weight is 422 g/mol. The van der Waals surface area contributed by atoms with E-state index in [-0.39, 0.29) is 0 Å². The Bertz CT molecular complexity index is 900. The number of nitrogens with zero attached hydrogens (tertiary/aromatic N) is 1. The van der Waals surface area contributed by atoms with Crippen molar-refractivity contribution in [1.29, 1.82) is 0 Å². The molecular formula is C26H28ClNS. The minimum Gasteiger partial charge on any atom is -0.303 e. The van der Waals surface area contributed by atoms with E-state index in [9.17, 15) is 0 Å². The molecule has 0 aliphatic heterocycles. The van der Waals surface area contributed by atoms with E-state index < -0.39 is 0 Å². The zero-order chi connectivity index (χ0) is 20.5. The Labute approximate surface area is 184 Å². The molecule has 3 aromatic carbocycles. The first kappa shape index (κ1) is 21.7. The highest BCUT2D eigenvalue weighted by Crippen LogP contribution is 2.35. The monoisotopic (exact) mass is 421 g/mol. The Hall–Kier alpha value is -2.00. The van der Waals surface area contributed by atoms with Crippen molar-refractivity contribution in [1.82, 2.24) is 4.90 Å². The van der Waals surface area contributed by atoms with Crippen LogP contribution in [-0.2, 0) is 0 Å². The summed E-state index contributed by atoms with van der Waals surface area (Å²) in [6, 6.07) is 29.4. The zero-order valence-electron chi connectivity index (χ0n) is 17.1. The Kier molecular flexibility index (Phi) is 8.42. The van der Waals surface area contributed by atoms with Gasteiger partial charge in [0.05, 0.1) is 5.03 Å². The van der Waals surface area contributed by atoms with Gasteiger partial charge in [0.2, 0.25) is 0 Å². The highest BCUT2D eigenvalue weighted by atomic mass is 35.5. The molecule has 3 rings (SSSR count). The van der Waals surface area contributed by atoms with E-state index in [1.165, 1.54) is 4.90 Å². The Morgan fingerprint density at radius 3 is 1.79 bits per heavy atom. The van der Waals surface area contributed by atoms with Crippen LogP contribution in [0.15, 0.2) is 89.8 Å². The van der Waals surface area contributed by atoms with Crippen LogP contribution in [0.3, 0.4) is 0 Å². The fraction of sp³-hybridized carbons (Fsp3) is 0.231. The van der Waals surface area contributed by atoms with E-state index in [1.807, 2.05) is 36.0 Å². The number of rotatable bonds is 9. The van der Waals surface area contributed by atoms with Crippen LogP contribution in [0.25, 0.3) is 10.6 Å². The molecule has 0 atom stereocenters. The topological polar surface area (TPSA) is 3.24 Å². The van der Waals surface area contributed by atoms with E-state index >= 15 is 0 Å². The minimum atomic E-state index is 0.777. The van der Waals surface area contributed by atoms with Gasteiger partial charge < -0.3 is 4.90 Å². The molecule has 0 radical (unpaired) electrons. The third kappa shape index (κ3) is 5.99. The normalized spacial score (nSPS) is 12.1. The van der Waals surface area contributed by atoms with Crippen molar-refractivity contribution in [2.75, 3.05) is 25.4 Å². The van der Waals surface area contributed by atoms with Crippen molar-refractivity contribution in [3.05, 3.63) is 102 Å². The summed E-state index contributed by atoms with van der Waals surface area (Å²) in [7, 11) is 0. The van der Waals surface area contributed by atoms with Crippen molar-refractivity contribution in [3.63, 3.8) is 0 Å². The Morgan fingerprint density at radius 2 is 1.24 bits per heavy atom. The van der Waals surface area contributed by atoms with Crippen molar-refractivity contribution in [2.24, 2.45) is 0 Å². The molecule has 3 aromatic rings. The fourth-order valence-corrected chi connectivity index (χ4v) is 4.56. The highest BCUT2D eigenvalue weighted by molar-refractivity contribution is 7.99. The second-order valence-corrected chi connectivity index (χ2v) is 8.37. The zero-order valence-corrected chi connectivity index (χ0v) is 18.7. The van der Waals surface area contributed by atoms with E-state index in [1.54, 1.807) is 0 Å². The molecule has 0 heterocycles. The summed E-state index contributed by atoms with van der Waals surface area (Å²) < 4.78 is 0. The summed E-state index contributed by atoms with van der Waals surface area (Å²) in [4.78, 5) is 3.75. The maximum Gasteiger partial charge on any atom is 0.0562 e. The number of benzene rings is 3. The van der Waals surface area contributed by atoms with Gasteiger partial charge in [0.15, 0.2) is 0 Å². The van der Waals surface area contributed by atoms with Gasteiger partial charge in [-0.2, -0.15) is 0 Å². The number of hydrogen-bond acceptors (Lipinski definition) is 2. The summed E-state index contributed by atoms with van der Waals surface area (Å²) in [5.74, 6) is 1.10. The molecule has 0 aromatic heterocycles. The lowest BCUT2D eigenvalue weighted by molar-refractivity contribution is 0.324. The number of hydrogen-bond donors (Lipinski definition) is 0. The standard InChI is InChI=1S/C26H28ClNS/c1-3-28(4-2)19-20-29-24-17-15-22(16-18-24)25(21-11-7-5-8-12-21)26(27)23-13-9-6-10-14-23/h5-18H,3-4,19-20H2,1-2H3. The van der Waals surface area contributed by atoms with Crippen molar-refractivity contribution in [2.45, 2.75) is 18.7 Å². The van der Waals surface area contributed by atoms with Gasteiger partial charge in [-0.15, -0.1) is 11.8 Å². The second-order valence-electron chi connectivity index (χ2n) is 6.82. The van der Waals surface area contributed by atoms with Gasteiger partial charge in [-0.05, 0) is 41.9 Å². The van der Waals surface area contributed by atoms with Crippen molar-refractivity contribution < 1.29 is 0 Å². The summed E-state index contributed by atoms with van der Waals surface area (Å²) in [6.45, 7) is 7.78. The molecular weight excluding hydrogens is 394 g/mol. The summed E-state index contributed by atoms with van der Waals surface area (Å²) in [5, 5.41) is 0.777. The quantitative estimate of drug-likeness (QED) is 0.264. The summed E-state index contributed by atoms with van der Waals surface area (Å²) >= 11 is 8.81. The van der Waals surface area contributed by atoms with Gasteiger partial charge in [-0.25, -0.2) is 0 Å². The predicted octanol–water partition coefficient (Wildman–Crippen LogP) is 7.28. The largest absolute Gasteiger partial charge is 0.303 e. The van der Waals surface area contributed by atoms with Gasteiger partial charge in [0, 0.05) is 22.8 Å². The van der Waals surface area contributed by atoms with Crippen LogP contribution in [0, 0.1) is 0 Å². The summed E-state index contributed by atoms with van der Waals surface area (Å²) in [5.41, 5.74) is 4.37. The molecule has 0 N–H and O–H groups in total. The first-order valence-corrected chi connectivity index (χ1v) is 11.6. The molecule has 0 amide bonds. The third-order valence-electron chi connectivity index (χ3n) is 5.02. The molecule has 0 aliphatic carbocycles. The maximum atomic E-state index is 6.90.